The molecule has 0 radical (unpaired) electrons. The molecule has 29 heavy (non-hydrogen) atoms. The third-order valence-electron chi connectivity index (χ3n) is 5.32. The number of amides is 1. The van der Waals surface area contributed by atoms with Crippen LogP contribution in [0.1, 0.15) is 57.1 Å². The highest BCUT2D eigenvalue weighted by Gasteiger charge is 2.21. The summed E-state index contributed by atoms with van der Waals surface area (Å²) in [7, 11) is 0. The van der Waals surface area contributed by atoms with Crippen LogP contribution in [0.2, 0.25) is 0 Å². The molecule has 0 spiro atoms. The van der Waals surface area contributed by atoms with Gasteiger partial charge < -0.3 is 24.4 Å². The van der Waals surface area contributed by atoms with Crippen molar-refractivity contribution in [3.63, 3.8) is 0 Å². The van der Waals surface area contributed by atoms with Crippen LogP contribution < -0.4 is 20.8 Å². The second-order valence-electron chi connectivity index (χ2n) is 7.49. The van der Waals surface area contributed by atoms with Gasteiger partial charge in [-0.05, 0) is 56.7 Å². The Morgan fingerprint density at radius 2 is 1.97 bits per heavy atom. The summed E-state index contributed by atoms with van der Waals surface area (Å²) in [4.78, 5) is 35.8. The molecule has 1 aromatic carbocycles. The molecule has 0 fully saturated rings. The van der Waals surface area contributed by atoms with E-state index in [2.05, 4.69) is 5.32 Å². The van der Waals surface area contributed by atoms with E-state index in [0.717, 1.165) is 48.6 Å². The number of benzene rings is 1. The zero-order chi connectivity index (χ0) is 21.0. The molecule has 156 valence electrons. The summed E-state index contributed by atoms with van der Waals surface area (Å²) in [6.45, 7) is 3.48. The van der Waals surface area contributed by atoms with Gasteiger partial charge >= 0.3 is 5.63 Å². The van der Waals surface area contributed by atoms with Crippen molar-refractivity contribution in [2.45, 2.75) is 70.9 Å². The van der Waals surface area contributed by atoms with E-state index in [1.165, 1.54) is 6.92 Å². The minimum absolute atomic E-state index is 0.309. The van der Waals surface area contributed by atoms with Gasteiger partial charge in [-0.15, -0.1) is 0 Å². The van der Waals surface area contributed by atoms with Crippen LogP contribution in [0.5, 0.6) is 5.75 Å². The Labute approximate surface area is 169 Å². The molecule has 7 heteroatoms. The van der Waals surface area contributed by atoms with Gasteiger partial charge in [-0.25, -0.2) is 4.79 Å². The number of aliphatic carboxylic acids is 1. The van der Waals surface area contributed by atoms with Crippen molar-refractivity contribution < 1.29 is 23.8 Å². The maximum Gasteiger partial charge on any atom is 0.339 e. The third-order valence-corrected chi connectivity index (χ3v) is 5.32. The first-order valence-corrected chi connectivity index (χ1v) is 10.2. The zero-order valence-electron chi connectivity index (χ0n) is 16.8. The average Bonchev–Trinajstić information content (AvgIpc) is 2.70. The topological polar surface area (TPSA) is 109 Å². The molecule has 1 aromatic heterocycles. The Kier molecular flexibility index (Phi) is 6.56. The lowest BCUT2D eigenvalue weighted by Crippen LogP contribution is -2.51. The Balaban J connectivity index is 1.74. The van der Waals surface area contributed by atoms with E-state index in [0.29, 0.717) is 24.2 Å². The van der Waals surface area contributed by atoms with Crippen molar-refractivity contribution in [1.82, 2.24) is 5.32 Å². The molecule has 0 saturated carbocycles. The van der Waals surface area contributed by atoms with Crippen LogP contribution >= 0.6 is 0 Å². The predicted octanol–water partition coefficient (Wildman–Crippen LogP) is 1.86. The standard InChI is InChI=1S/C22H27NO6/c1-3-4-9-18(21(25)26)23-20(24)13(2)28-14-10-11-16-15-7-5-6-8-17(15)22(27)29-19(16)12-14/h10-13,18H,3-9H2,1-2H3,(H,23,24)(H,25,26)/p-1/t13-,18+/m1/s1. The first-order chi connectivity index (χ1) is 13.9. The van der Waals surface area contributed by atoms with Crippen molar-refractivity contribution >= 4 is 22.8 Å². The quantitative estimate of drug-likeness (QED) is 0.678. The number of fused-ring (bicyclic) bond motifs is 3. The SMILES string of the molecule is CCCC[C@H](NC(=O)[C@@H](C)Oc1ccc2c3c(c(=O)oc2c1)CCCC3)C(=O)[O-]. The highest BCUT2D eigenvalue weighted by molar-refractivity contribution is 5.86. The highest BCUT2D eigenvalue weighted by atomic mass is 16.5. The molecule has 0 bridgehead atoms. The monoisotopic (exact) mass is 400 g/mol. The molecule has 0 unspecified atom stereocenters. The van der Waals surface area contributed by atoms with Crippen LogP contribution in [0, 0.1) is 0 Å². The number of carbonyl (C=O) groups excluding carboxylic acids is 2. The summed E-state index contributed by atoms with van der Waals surface area (Å²) in [5.74, 6) is -1.48. The van der Waals surface area contributed by atoms with E-state index in [9.17, 15) is 19.5 Å². The van der Waals surface area contributed by atoms with Gasteiger partial charge in [-0.1, -0.05) is 19.8 Å². The molecule has 0 aliphatic heterocycles. The fraction of sp³-hybridized carbons (Fsp3) is 0.500. The lowest BCUT2D eigenvalue weighted by Gasteiger charge is -2.22. The van der Waals surface area contributed by atoms with Crippen LogP contribution in [-0.2, 0) is 22.4 Å². The number of rotatable bonds is 8. The van der Waals surface area contributed by atoms with Gasteiger partial charge in [0.1, 0.15) is 11.3 Å². The van der Waals surface area contributed by atoms with E-state index < -0.39 is 24.0 Å². The molecule has 1 N–H and O–H groups in total. The van der Waals surface area contributed by atoms with E-state index in [-0.39, 0.29) is 5.63 Å². The minimum atomic E-state index is -1.31. The lowest BCUT2D eigenvalue weighted by molar-refractivity contribution is -0.308. The Hall–Kier alpha value is -2.83. The Morgan fingerprint density at radius 1 is 1.24 bits per heavy atom. The van der Waals surface area contributed by atoms with E-state index in [4.69, 9.17) is 9.15 Å². The average molecular weight is 400 g/mol. The van der Waals surface area contributed by atoms with Crippen LogP contribution in [0.15, 0.2) is 27.4 Å². The van der Waals surface area contributed by atoms with Gasteiger partial charge in [0.05, 0.1) is 12.0 Å². The predicted molar refractivity (Wildman–Crippen MR) is 106 cm³/mol. The third kappa shape index (κ3) is 4.78. The number of ether oxygens (including phenoxy) is 1. The van der Waals surface area contributed by atoms with E-state index >= 15 is 0 Å². The van der Waals surface area contributed by atoms with Crippen molar-refractivity contribution in [1.29, 1.82) is 0 Å². The zero-order valence-corrected chi connectivity index (χ0v) is 16.8. The second-order valence-corrected chi connectivity index (χ2v) is 7.49. The number of unbranched alkanes of at least 4 members (excludes halogenated alkanes) is 1. The maximum absolute atomic E-state index is 12.3. The second kappa shape index (κ2) is 9.11. The number of carboxylic acid groups (broad SMARTS) is 1. The van der Waals surface area contributed by atoms with Crippen LogP contribution in [-0.4, -0.2) is 24.0 Å². The fourth-order valence-corrected chi connectivity index (χ4v) is 3.70. The minimum Gasteiger partial charge on any atom is -0.548 e. The van der Waals surface area contributed by atoms with Gasteiger partial charge in [0.25, 0.3) is 5.91 Å². The molecule has 2 aromatic rings. The molecule has 0 saturated heterocycles. The Morgan fingerprint density at radius 3 is 2.66 bits per heavy atom. The number of nitrogens with one attached hydrogen (secondary N) is 1. The first kappa shape index (κ1) is 20.9. The molecule has 1 aliphatic carbocycles. The molecular weight excluding hydrogens is 374 g/mol. The number of hydrogen-bond acceptors (Lipinski definition) is 6. The van der Waals surface area contributed by atoms with Gasteiger partial charge in [0.2, 0.25) is 0 Å². The number of aryl methyl sites for hydroxylation is 1. The molecule has 2 atom stereocenters. The fourth-order valence-electron chi connectivity index (χ4n) is 3.70. The molecule has 1 aliphatic rings. The van der Waals surface area contributed by atoms with Gasteiger partial charge in [-0.3, -0.25) is 4.79 Å². The number of carbonyl (C=O) groups is 2. The Bertz CT molecular complexity index is 964. The van der Waals surface area contributed by atoms with Gasteiger partial charge in [0, 0.05) is 17.0 Å². The van der Waals surface area contributed by atoms with Crippen LogP contribution in [0.3, 0.4) is 0 Å². The molecule has 1 amide bonds. The van der Waals surface area contributed by atoms with E-state index in [1.54, 1.807) is 12.1 Å². The number of hydrogen-bond donors (Lipinski definition) is 1. The summed E-state index contributed by atoms with van der Waals surface area (Å²) in [6.07, 6.45) is 4.49. The first-order valence-electron chi connectivity index (χ1n) is 10.2. The van der Waals surface area contributed by atoms with Crippen molar-refractivity contribution in [3.05, 3.63) is 39.7 Å². The highest BCUT2D eigenvalue weighted by Crippen LogP contribution is 2.29. The summed E-state index contributed by atoms with van der Waals surface area (Å²) in [5.41, 5.74) is 1.90. The molecule has 3 rings (SSSR count). The lowest BCUT2D eigenvalue weighted by atomic mass is 9.91. The van der Waals surface area contributed by atoms with Crippen LogP contribution in [0.4, 0.5) is 0 Å². The summed E-state index contributed by atoms with van der Waals surface area (Å²) in [5, 5.41) is 14.6. The van der Waals surface area contributed by atoms with Crippen molar-refractivity contribution in [2.75, 3.05) is 0 Å². The van der Waals surface area contributed by atoms with E-state index in [1.807, 2.05) is 13.0 Å². The molecule has 1 heterocycles. The van der Waals surface area contributed by atoms with Crippen molar-refractivity contribution in [2.24, 2.45) is 0 Å². The molecule has 7 nitrogen and oxygen atoms in total. The normalized spacial score (nSPS) is 15.4. The number of carboxylic acids is 1. The summed E-state index contributed by atoms with van der Waals surface area (Å²) in [6, 6.07) is 4.12. The summed E-state index contributed by atoms with van der Waals surface area (Å²) >= 11 is 0. The maximum atomic E-state index is 12.3. The van der Waals surface area contributed by atoms with Gasteiger partial charge in [-0.2, -0.15) is 0 Å². The smallest absolute Gasteiger partial charge is 0.339 e. The largest absolute Gasteiger partial charge is 0.548 e. The van der Waals surface area contributed by atoms with Crippen LogP contribution in [0.25, 0.3) is 11.0 Å². The molecular formula is C22H26NO6-. The van der Waals surface area contributed by atoms with Crippen molar-refractivity contribution in [3.8, 4) is 5.75 Å². The summed E-state index contributed by atoms with van der Waals surface area (Å²) < 4.78 is 11.1. The van der Waals surface area contributed by atoms with Gasteiger partial charge in [0.15, 0.2) is 6.10 Å².